The molecule has 0 fully saturated rings. The molecular formula is C26H28N2O3. The van der Waals surface area contributed by atoms with Gasteiger partial charge < -0.3 is 19.1 Å². The number of aliphatic hydroxyl groups is 1. The molecule has 1 atom stereocenters. The van der Waals surface area contributed by atoms with Crippen LogP contribution in [0.15, 0.2) is 66.7 Å². The molecule has 0 aliphatic heterocycles. The van der Waals surface area contributed by atoms with Crippen LogP contribution >= 0.6 is 0 Å². The molecule has 5 nitrogen and oxygen atoms in total. The molecule has 0 aliphatic rings. The first-order chi connectivity index (χ1) is 15.0. The molecule has 0 radical (unpaired) electrons. The molecule has 160 valence electrons. The topological polar surface area (TPSA) is 56.5 Å². The van der Waals surface area contributed by atoms with Crippen molar-refractivity contribution in [2.45, 2.75) is 40.0 Å². The molecule has 1 N–H and O–H groups in total. The fourth-order valence-electron chi connectivity index (χ4n) is 3.62. The second-order valence-corrected chi connectivity index (χ2v) is 7.90. The van der Waals surface area contributed by atoms with Crippen molar-refractivity contribution in [3.63, 3.8) is 0 Å². The Hall–Kier alpha value is -3.31. The van der Waals surface area contributed by atoms with Gasteiger partial charge in [0.05, 0.1) is 17.6 Å². The smallest absolute Gasteiger partial charge is 0.148 e. The van der Waals surface area contributed by atoms with Gasteiger partial charge in [0.2, 0.25) is 0 Å². The third-order valence-corrected chi connectivity index (χ3v) is 5.47. The molecule has 31 heavy (non-hydrogen) atoms. The zero-order chi connectivity index (χ0) is 21.8. The summed E-state index contributed by atoms with van der Waals surface area (Å²) in [6.45, 7) is 7.02. The SMILES string of the molecule is Cc1cccc(OCc2nc3ccccc3n2CC(O)COc2cccc(C)c2C)c1. The number of imidazole rings is 1. The number of hydrogen-bond acceptors (Lipinski definition) is 4. The van der Waals surface area contributed by atoms with Crippen molar-refractivity contribution in [2.24, 2.45) is 0 Å². The van der Waals surface area contributed by atoms with Crippen molar-refractivity contribution < 1.29 is 14.6 Å². The number of aryl methyl sites for hydroxylation is 2. The van der Waals surface area contributed by atoms with Crippen LogP contribution in [0, 0.1) is 20.8 Å². The predicted octanol–water partition coefficient (Wildman–Crippen LogP) is 4.98. The normalized spacial score (nSPS) is 12.1. The van der Waals surface area contributed by atoms with Gasteiger partial charge >= 0.3 is 0 Å². The highest BCUT2D eigenvalue weighted by atomic mass is 16.5. The van der Waals surface area contributed by atoms with E-state index < -0.39 is 6.10 Å². The number of aromatic nitrogens is 2. The van der Waals surface area contributed by atoms with E-state index in [0.717, 1.165) is 39.5 Å². The van der Waals surface area contributed by atoms with E-state index >= 15 is 0 Å². The van der Waals surface area contributed by atoms with Crippen LogP contribution in [0.5, 0.6) is 11.5 Å². The Bertz CT molecular complexity index is 1180. The quantitative estimate of drug-likeness (QED) is 0.440. The number of para-hydroxylation sites is 2. The van der Waals surface area contributed by atoms with E-state index in [0.29, 0.717) is 13.2 Å². The minimum Gasteiger partial charge on any atom is -0.491 e. The minimum atomic E-state index is -0.685. The van der Waals surface area contributed by atoms with E-state index in [-0.39, 0.29) is 6.61 Å². The van der Waals surface area contributed by atoms with Crippen LogP contribution < -0.4 is 9.47 Å². The zero-order valence-corrected chi connectivity index (χ0v) is 18.2. The van der Waals surface area contributed by atoms with E-state index in [2.05, 4.69) is 13.0 Å². The Morgan fingerprint density at radius 3 is 2.58 bits per heavy atom. The summed E-state index contributed by atoms with van der Waals surface area (Å²) >= 11 is 0. The van der Waals surface area contributed by atoms with Gasteiger partial charge in [0.15, 0.2) is 0 Å². The van der Waals surface area contributed by atoms with Gasteiger partial charge in [-0.2, -0.15) is 0 Å². The first-order valence-corrected chi connectivity index (χ1v) is 10.5. The highest BCUT2D eigenvalue weighted by Crippen LogP contribution is 2.22. The maximum absolute atomic E-state index is 10.7. The van der Waals surface area contributed by atoms with Crippen molar-refractivity contribution >= 4 is 11.0 Å². The molecule has 4 aromatic rings. The van der Waals surface area contributed by atoms with Crippen LogP contribution in [0.1, 0.15) is 22.5 Å². The first-order valence-electron chi connectivity index (χ1n) is 10.5. The molecule has 1 heterocycles. The zero-order valence-electron chi connectivity index (χ0n) is 18.2. The van der Waals surface area contributed by atoms with Gasteiger partial charge in [-0.15, -0.1) is 0 Å². The van der Waals surface area contributed by atoms with Gasteiger partial charge in [-0.1, -0.05) is 36.4 Å². The fraction of sp³-hybridized carbons (Fsp3) is 0.269. The predicted molar refractivity (Wildman–Crippen MR) is 123 cm³/mol. The molecule has 0 amide bonds. The van der Waals surface area contributed by atoms with Crippen LogP contribution in [0.3, 0.4) is 0 Å². The van der Waals surface area contributed by atoms with Gasteiger partial charge in [-0.25, -0.2) is 4.98 Å². The Kier molecular flexibility index (Phi) is 6.23. The average molecular weight is 417 g/mol. The molecule has 5 heteroatoms. The number of nitrogens with zero attached hydrogens (tertiary/aromatic N) is 2. The summed E-state index contributed by atoms with van der Waals surface area (Å²) in [6, 6.07) is 21.8. The third kappa shape index (κ3) is 4.89. The Labute approximate surface area is 182 Å². The van der Waals surface area contributed by atoms with Crippen molar-refractivity contribution in [1.82, 2.24) is 9.55 Å². The van der Waals surface area contributed by atoms with E-state index in [1.807, 2.05) is 79.1 Å². The number of fused-ring (bicyclic) bond motifs is 1. The fourth-order valence-corrected chi connectivity index (χ4v) is 3.62. The monoisotopic (exact) mass is 416 g/mol. The number of ether oxygens (including phenoxy) is 2. The van der Waals surface area contributed by atoms with Crippen LogP contribution in [-0.4, -0.2) is 27.4 Å². The van der Waals surface area contributed by atoms with Crippen molar-refractivity contribution in [3.05, 3.63) is 89.2 Å². The molecule has 0 bridgehead atoms. The maximum atomic E-state index is 10.7. The van der Waals surface area contributed by atoms with Gasteiger partial charge in [-0.3, -0.25) is 0 Å². The number of aliphatic hydroxyl groups excluding tert-OH is 1. The maximum Gasteiger partial charge on any atom is 0.148 e. The molecule has 0 aliphatic carbocycles. The van der Waals surface area contributed by atoms with Crippen molar-refractivity contribution in [2.75, 3.05) is 6.61 Å². The van der Waals surface area contributed by atoms with Crippen LogP contribution in [0.2, 0.25) is 0 Å². The lowest BCUT2D eigenvalue weighted by Gasteiger charge is -2.17. The standard InChI is InChI=1S/C26H28N2O3/c1-18-8-6-10-22(14-18)30-17-26-27-23-11-4-5-12-24(23)28(26)15-21(29)16-31-25-13-7-9-19(2)20(25)3/h4-14,21,29H,15-17H2,1-3H3. The summed E-state index contributed by atoms with van der Waals surface area (Å²) in [5.74, 6) is 2.38. The van der Waals surface area contributed by atoms with Crippen LogP contribution in [-0.2, 0) is 13.2 Å². The van der Waals surface area contributed by atoms with E-state index in [1.165, 1.54) is 5.56 Å². The van der Waals surface area contributed by atoms with Crippen LogP contribution in [0.4, 0.5) is 0 Å². The molecule has 1 unspecified atom stereocenters. The third-order valence-electron chi connectivity index (χ3n) is 5.47. The lowest BCUT2D eigenvalue weighted by molar-refractivity contribution is 0.0914. The summed E-state index contributed by atoms with van der Waals surface area (Å²) in [6.07, 6.45) is -0.685. The molecule has 0 saturated heterocycles. The lowest BCUT2D eigenvalue weighted by Crippen LogP contribution is -2.25. The summed E-state index contributed by atoms with van der Waals surface area (Å²) in [5.41, 5.74) is 5.26. The first kappa shape index (κ1) is 20.9. The van der Waals surface area contributed by atoms with E-state index in [4.69, 9.17) is 14.5 Å². The van der Waals surface area contributed by atoms with E-state index in [9.17, 15) is 5.11 Å². The lowest BCUT2D eigenvalue weighted by atomic mass is 10.1. The molecule has 1 aromatic heterocycles. The Morgan fingerprint density at radius 2 is 1.74 bits per heavy atom. The van der Waals surface area contributed by atoms with Gasteiger partial charge in [0.25, 0.3) is 0 Å². The molecule has 0 saturated carbocycles. The Morgan fingerprint density at radius 1 is 0.935 bits per heavy atom. The highest BCUT2D eigenvalue weighted by molar-refractivity contribution is 5.75. The van der Waals surface area contributed by atoms with Gasteiger partial charge in [0, 0.05) is 0 Å². The van der Waals surface area contributed by atoms with E-state index in [1.54, 1.807) is 0 Å². The molecule has 0 spiro atoms. The Balaban J connectivity index is 1.50. The minimum absolute atomic E-state index is 0.203. The van der Waals surface area contributed by atoms with Crippen molar-refractivity contribution in [3.8, 4) is 11.5 Å². The molecule has 4 rings (SSSR count). The van der Waals surface area contributed by atoms with Crippen molar-refractivity contribution in [1.29, 1.82) is 0 Å². The second-order valence-electron chi connectivity index (χ2n) is 7.90. The van der Waals surface area contributed by atoms with Gasteiger partial charge in [0.1, 0.15) is 36.6 Å². The highest BCUT2D eigenvalue weighted by Gasteiger charge is 2.16. The largest absolute Gasteiger partial charge is 0.491 e. The molecule has 3 aromatic carbocycles. The summed E-state index contributed by atoms with van der Waals surface area (Å²) in [4.78, 5) is 4.73. The van der Waals surface area contributed by atoms with Gasteiger partial charge in [-0.05, 0) is 67.8 Å². The van der Waals surface area contributed by atoms with Crippen LogP contribution in [0.25, 0.3) is 11.0 Å². The number of rotatable bonds is 8. The summed E-state index contributed by atoms with van der Waals surface area (Å²) in [5, 5.41) is 10.7. The number of hydrogen-bond donors (Lipinski definition) is 1. The second kappa shape index (κ2) is 9.23. The summed E-state index contributed by atoms with van der Waals surface area (Å²) in [7, 11) is 0. The molecular weight excluding hydrogens is 388 g/mol. The average Bonchev–Trinajstić information content (AvgIpc) is 3.11. The summed E-state index contributed by atoms with van der Waals surface area (Å²) < 4.78 is 13.9. The number of benzene rings is 3.